The summed E-state index contributed by atoms with van der Waals surface area (Å²) in [6.45, 7) is 6.04. The van der Waals surface area contributed by atoms with E-state index < -0.39 is 0 Å². The van der Waals surface area contributed by atoms with E-state index >= 15 is 0 Å². The molecule has 1 amide bonds. The van der Waals surface area contributed by atoms with Crippen LogP contribution in [0, 0.1) is 6.92 Å². The maximum atomic E-state index is 11.2. The second-order valence-electron chi connectivity index (χ2n) is 4.39. The minimum Gasteiger partial charge on any atom is -0.369 e. The lowest BCUT2D eigenvalue weighted by Crippen LogP contribution is -2.42. The van der Waals surface area contributed by atoms with Crippen LogP contribution < -0.4 is 10.6 Å². The average Bonchev–Trinajstić information content (AvgIpc) is 2.29. The van der Waals surface area contributed by atoms with Crippen molar-refractivity contribution in [3.63, 3.8) is 0 Å². The van der Waals surface area contributed by atoms with E-state index in [0.29, 0.717) is 5.56 Å². The SMILES string of the molecule is Cc1cc(N2CCN(P)CC2)ccc1C(N)=O. The molecular formula is C12H18N3OP. The molecule has 0 bridgehead atoms. The van der Waals surface area contributed by atoms with Crippen molar-refractivity contribution in [3.05, 3.63) is 29.3 Å². The molecule has 0 radical (unpaired) electrons. The molecule has 1 fully saturated rings. The summed E-state index contributed by atoms with van der Waals surface area (Å²) in [4.78, 5) is 13.5. The van der Waals surface area contributed by atoms with Gasteiger partial charge in [-0.3, -0.25) is 9.46 Å². The molecule has 1 aromatic rings. The molecule has 5 heteroatoms. The van der Waals surface area contributed by atoms with Crippen molar-refractivity contribution < 1.29 is 4.79 Å². The molecule has 2 N–H and O–H groups in total. The van der Waals surface area contributed by atoms with Gasteiger partial charge in [0.05, 0.1) is 0 Å². The molecule has 0 aliphatic carbocycles. The third-order valence-electron chi connectivity index (χ3n) is 3.15. The van der Waals surface area contributed by atoms with Crippen LogP contribution in [0.1, 0.15) is 15.9 Å². The van der Waals surface area contributed by atoms with Crippen LogP contribution in [0.4, 0.5) is 5.69 Å². The molecule has 92 valence electrons. The number of primary amides is 1. The van der Waals surface area contributed by atoms with Crippen molar-refractivity contribution in [3.8, 4) is 0 Å². The number of carbonyl (C=O) groups excluding carboxylic acids is 1. The first-order chi connectivity index (χ1) is 8.08. The number of hydrogen-bond donors (Lipinski definition) is 1. The predicted octanol–water partition coefficient (Wildman–Crippen LogP) is 1.01. The molecule has 0 saturated carbocycles. The van der Waals surface area contributed by atoms with Gasteiger partial charge in [0.1, 0.15) is 0 Å². The number of hydrogen-bond acceptors (Lipinski definition) is 3. The quantitative estimate of drug-likeness (QED) is 0.798. The smallest absolute Gasteiger partial charge is 0.248 e. The van der Waals surface area contributed by atoms with Crippen molar-refractivity contribution in [1.82, 2.24) is 4.67 Å². The highest BCUT2D eigenvalue weighted by molar-refractivity contribution is 7.13. The van der Waals surface area contributed by atoms with Gasteiger partial charge < -0.3 is 10.6 Å². The highest BCUT2D eigenvalue weighted by Gasteiger charge is 2.15. The highest BCUT2D eigenvalue weighted by atomic mass is 31.0. The van der Waals surface area contributed by atoms with Gasteiger partial charge in [-0.15, -0.1) is 0 Å². The number of carbonyl (C=O) groups is 1. The molecule has 4 nitrogen and oxygen atoms in total. The molecule has 17 heavy (non-hydrogen) atoms. The monoisotopic (exact) mass is 251 g/mol. The number of anilines is 1. The van der Waals surface area contributed by atoms with Gasteiger partial charge in [-0.2, -0.15) is 0 Å². The third-order valence-corrected chi connectivity index (χ3v) is 3.67. The lowest BCUT2D eigenvalue weighted by atomic mass is 10.1. The fourth-order valence-corrected chi connectivity index (χ4v) is 2.33. The van der Waals surface area contributed by atoms with Crippen molar-refractivity contribution in [2.75, 3.05) is 31.1 Å². The van der Waals surface area contributed by atoms with Crippen LogP contribution in [-0.2, 0) is 0 Å². The van der Waals surface area contributed by atoms with Crippen LogP contribution in [0.25, 0.3) is 0 Å². The van der Waals surface area contributed by atoms with E-state index in [1.54, 1.807) is 0 Å². The molecule has 1 heterocycles. The molecule has 1 saturated heterocycles. The van der Waals surface area contributed by atoms with Gasteiger partial charge in [0.15, 0.2) is 0 Å². The number of aryl methyl sites for hydroxylation is 1. The molecule has 1 aromatic carbocycles. The number of benzene rings is 1. The van der Waals surface area contributed by atoms with Gasteiger partial charge in [-0.05, 0) is 30.7 Å². The van der Waals surface area contributed by atoms with Crippen molar-refractivity contribution in [2.45, 2.75) is 6.92 Å². The van der Waals surface area contributed by atoms with Crippen LogP contribution in [0.2, 0.25) is 0 Å². The van der Waals surface area contributed by atoms with Crippen LogP contribution in [-0.4, -0.2) is 36.8 Å². The number of amides is 1. The van der Waals surface area contributed by atoms with E-state index in [-0.39, 0.29) is 5.91 Å². The molecular weight excluding hydrogens is 233 g/mol. The Balaban J connectivity index is 2.17. The highest BCUT2D eigenvalue weighted by Crippen LogP contribution is 2.21. The number of rotatable bonds is 2. The minimum atomic E-state index is -0.358. The number of piperazine rings is 1. The molecule has 0 aromatic heterocycles. The molecule has 1 unspecified atom stereocenters. The van der Waals surface area contributed by atoms with Crippen molar-refractivity contribution in [1.29, 1.82) is 0 Å². The Morgan fingerprint density at radius 2 is 1.94 bits per heavy atom. The predicted molar refractivity (Wildman–Crippen MR) is 73.2 cm³/mol. The molecule has 0 spiro atoms. The lowest BCUT2D eigenvalue weighted by Gasteiger charge is -2.34. The Morgan fingerprint density at radius 1 is 1.29 bits per heavy atom. The van der Waals surface area contributed by atoms with Gasteiger partial charge in [0, 0.05) is 37.4 Å². The summed E-state index contributed by atoms with van der Waals surface area (Å²) in [6, 6.07) is 5.84. The molecule has 1 atom stereocenters. The summed E-state index contributed by atoms with van der Waals surface area (Å²) in [5, 5.41) is 0. The summed E-state index contributed by atoms with van der Waals surface area (Å²) in [5.41, 5.74) is 8.03. The lowest BCUT2D eigenvalue weighted by molar-refractivity contribution is 0.1000. The molecule has 1 aliphatic heterocycles. The number of nitrogens with zero attached hydrogens (tertiary/aromatic N) is 2. The zero-order valence-corrected chi connectivity index (χ0v) is 11.2. The van der Waals surface area contributed by atoms with Crippen molar-refractivity contribution >= 4 is 21.0 Å². The van der Waals surface area contributed by atoms with Crippen LogP contribution in [0.5, 0.6) is 0 Å². The van der Waals surface area contributed by atoms with E-state index in [1.165, 1.54) is 5.69 Å². The van der Waals surface area contributed by atoms with Gasteiger partial charge in [-0.25, -0.2) is 0 Å². The first-order valence-corrected chi connectivity index (χ1v) is 6.24. The van der Waals surface area contributed by atoms with Gasteiger partial charge >= 0.3 is 0 Å². The Hall–Kier alpha value is -1.12. The van der Waals surface area contributed by atoms with Gasteiger partial charge in [0.25, 0.3) is 0 Å². The molecule has 1 aliphatic rings. The summed E-state index contributed by atoms with van der Waals surface area (Å²) in [5.74, 6) is -0.358. The third kappa shape index (κ3) is 2.76. The summed E-state index contributed by atoms with van der Waals surface area (Å²) < 4.78 is 2.24. The first-order valence-electron chi connectivity index (χ1n) is 5.73. The second-order valence-corrected chi connectivity index (χ2v) is 5.12. The zero-order chi connectivity index (χ0) is 12.4. The zero-order valence-electron chi connectivity index (χ0n) is 10.0. The standard InChI is InChI=1S/C12H18N3OP/c1-9-8-10(2-3-11(9)12(13)16)14-4-6-15(17)7-5-14/h2-3,8H,4-7,17H2,1H3,(H2,13,16). The fraction of sp³-hybridized carbons (Fsp3) is 0.417. The largest absolute Gasteiger partial charge is 0.369 e. The topological polar surface area (TPSA) is 49.6 Å². The fourth-order valence-electron chi connectivity index (χ4n) is 2.10. The van der Waals surface area contributed by atoms with Gasteiger partial charge in [-0.1, -0.05) is 9.39 Å². The maximum Gasteiger partial charge on any atom is 0.248 e. The van der Waals surface area contributed by atoms with Crippen molar-refractivity contribution in [2.24, 2.45) is 5.73 Å². The average molecular weight is 251 g/mol. The molecule has 2 rings (SSSR count). The summed E-state index contributed by atoms with van der Waals surface area (Å²) in [7, 11) is 2.73. The Morgan fingerprint density at radius 3 is 2.47 bits per heavy atom. The Labute approximate surface area is 104 Å². The Kier molecular flexibility index (Phi) is 3.65. The van der Waals surface area contributed by atoms with E-state index in [2.05, 4.69) is 19.0 Å². The van der Waals surface area contributed by atoms with E-state index in [0.717, 1.165) is 31.7 Å². The first kappa shape index (κ1) is 12.3. The minimum absolute atomic E-state index is 0.358. The van der Waals surface area contributed by atoms with Crippen LogP contribution in [0.3, 0.4) is 0 Å². The van der Waals surface area contributed by atoms with E-state index in [1.807, 2.05) is 25.1 Å². The second kappa shape index (κ2) is 5.03. The van der Waals surface area contributed by atoms with Gasteiger partial charge in [0.2, 0.25) is 5.91 Å². The van der Waals surface area contributed by atoms with Crippen LogP contribution in [0.15, 0.2) is 18.2 Å². The summed E-state index contributed by atoms with van der Waals surface area (Å²) in [6.07, 6.45) is 0. The Bertz CT molecular complexity index is 428. The van der Waals surface area contributed by atoms with E-state index in [4.69, 9.17) is 5.73 Å². The van der Waals surface area contributed by atoms with Crippen LogP contribution >= 0.6 is 9.39 Å². The summed E-state index contributed by atoms with van der Waals surface area (Å²) >= 11 is 0. The number of nitrogens with two attached hydrogens (primary N) is 1. The maximum absolute atomic E-state index is 11.2. The normalized spacial score (nSPS) is 17.2. The van der Waals surface area contributed by atoms with E-state index in [9.17, 15) is 4.79 Å².